The number of benzene rings is 6. The van der Waals surface area contributed by atoms with E-state index in [1.165, 1.54) is 0 Å². The van der Waals surface area contributed by atoms with Crippen molar-refractivity contribution < 1.29 is 22.5 Å². The Bertz CT molecular complexity index is 2940. The molecule has 44 heavy (non-hydrogen) atoms. The van der Waals surface area contributed by atoms with Gasteiger partial charge in [0.1, 0.15) is 22.3 Å². The summed E-state index contributed by atoms with van der Waals surface area (Å²) in [5.41, 5.74) is 3.83. The van der Waals surface area contributed by atoms with E-state index in [0.717, 1.165) is 38.5 Å². The summed E-state index contributed by atoms with van der Waals surface area (Å²) in [6.45, 7) is 0. The fraction of sp³-hybridized carbons (Fsp3) is 0. The number of hydrogen-bond donors (Lipinski definition) is 0. The highest BCUT2D eigenvalue weighted by Crippen LogP contribution is 2.40. The molecule has 206 valence electrons. The van der Waals surface area contributed by atoms with Gasteiger partial charge in [0.05, 0.1) is 19.3 Å². The molecular weight excluding hydrogens is 542 g/mol. The van der Waals surface area contributed by atoms with Crippen molar-refractivity contribution in [1.29, 1.82) is 0 Å². The minimum atomic E-state index is -0.620. The molecule has 5 heteroatoms. The van der Waals surface area contributed by atoms with E-state index in [0.29, 0.717) is 22.1 Å². The van der Waals surface area contributed by atoms with Gasteiger partial charge in [-0.25, -0.2) is 15.0 Å². The van der Waals surface area contributed by atoms with E-state index in [1.54, 1.807) is 12.1 Å². The molecule has 0 bridgehead atoms. The van der Waals surface area contributed by atoms with Crippen LogP contribution in [0.1, 0.15) is 13.7 Å². The monoisotopic (exact) mass is 575 g/mol. The van der Waals surface area contributed by atoms with Crippen LogP contribution >= 0.6 is 0 Å². The highest BCUT2D eigenvalue weighted by molar-refractivity contribution is 6.13. The predicted molar refractivity (Wildman–Crippen MR) is 176 cm³/mol. The van der Waals surface area contributed by atoms with Gasteiger partial charge in [-0.3, -0.25) is 0 Å². The molecule has 6 aromatic carbocycles. The number of fused-ring (bicyclic) bond motifs is 6. The molecule has 0 spiro atoms. The lowest BCUT2D eigenvalue weighted by Crippen LogP contribution is -2.00. The molecule has 0 N–H and O–H groups in total. The van der Waals surface area contributed by atoms with Gasteiger partial charge in [0.15, 0.2) is 17.5 Å². The van der Waals surface area contributed by atoms with Gasteiger partial charge in [-0.2, -0.15) is 0 Å². The van der Waals surface area contributed by atoms with Crippen molar-refractivity contribution >= 4 is 43.9 Å². The summed E-state index contributed by atoms with van der Waals surface area (Å²) >= 11 is 0. The first-order valence-corrected chi connectivity index (χ1v) is 13.7. The summed E-state index contributed by atoms with van der Waals surface area (Å²) < 4.78 is 96.4. The zero-order chi connectivity index (χ0) is 37.7. The minimum absolute atomic E-state index is 0.0782. The van der Waals surface area contributed by atoms with Crippen LogP contribution in [0.5, 0.6) is 0 Å². The lowest BCUT2D eigenvalue weighted by Gasteiger charge is -2.08. The van der Waals surface area contributed by atoms with Crippen molar-refractivity contribution in [2.24, 2.45) is 0 Å². The maximum absolute atomic E-state index is 8.62. The van der Waals surface area contributed by atoms with Crippen LogP contribution in [-0.4, -0.2) is 15.0 Å². The van der Waals surface area contributed by atoms with E-state index in [-0.39, 0.29) is 28.6 Å². The van der Waals surface area contributed by atoms with E-state index >= 15 is 0 Å². The maximum atomic E-state index is 8.62. The van der Waals surface area contributed by atoms with Gasteiger partial charge < -0.3 is 8.83 Å². The number of rotatable bonds is 4. The van der Waals surface area contributed by atoms with Crippen molar-refractivity contribution in [3.05, 3.63) is 139 Å². The molecule has 5 nitrogen and oxygen atoms in total. The Balaban J connectivity index is 1.29. The van der Waals surface area contributed by atoms with Crippen LogP contribution < -0.4 is 0 Å². The molecule has 0 fully saturated rings. The summed E-state index contributed by atoms with van der Waals surface area (Å²) in [6.07, 6.45) is 0. The Labute approximate surface area is 266 Å². The largest absolute Gasteiger partial charge is 0.455 e. The summed E-state index contributed by atoms with van der Waals surface area (Å²) in [7, 11) is 0. The van der Waals surface area contributed by atoms with Crippen molar-refractivity contribution in [1.82, 2.24) is 15.0 Å². The quantitative estimate of drug-likeness (QED) is 0.209. The molecule has 0 atom stereocenters. The number of aromatic nitrogens is 3. The fourth-order valence-corrected chi connectivity index (χ4v) is 5.56. The second-order valence-electron chi connectivity index (χ2n) is 10.1. The molecule has 0 aliphatic carbocycles. The van der Waals surface area contributed by atoms with E-state index in [1.807, 2.05) is 66.7 Å². The first-order valence-electron chi connectivity index (χ1n) is 18.7. The summed E-state index contributed by atoms with van der Waals surface area (Å²) in [6, 6.07) is 18.9. The Morgan fingerprint density at radius 2 is 0.977 bits per heavy atom. The molecule has 9 aromatic rings. The van der Waals surface area contributed by atoms with Crippen LogP contribution in [0.25, 0.3) is 89.2 Å². The average Bonchev–Trinajstić information content (AvgIpc) is 3.76. The molecule has 0 unspecified atom stereocenters. The highest BCUT2D eigenvalue weighted by Gasteiger charge is 2.19. The molecule has 0 amide bonds. The molecule has 0 saturated carbocycles. The first-order chi connectivity index (χ1) is 25.9. The molecule has 9 rings (SSSR count). The van der Waals surface area contributed by atoms with Crippen LogP contribution in [0.3, 0.4) is 0 Å². The van der Waals surface area contributed by atoms with E-state index in [9.17, 15) is 0 Å². The van der Waals surface area contributed by atoms with Crippen molar-refractivity contribution in [2.45, 2.75) is 0 Å². The summed E-state index contributed by atoms with van der Waals surface area (Å²) in [5, 5.41) is 3.46. The van der Waals surface area contributed by atoms with E-state index in [4.69, 9.17) is 22.5 Å². The topological polar surface area (TPSA) is 65.0 Å². The first kappa shape index (κ1) is 16.5. The van der Waals surface area contributed by atoms with Crippen LogP contribution in [0.15, 0.2) is 148 Å². The predicted octanol–water partition coefficient (Wildman–Crippen LogP) is 10.3. The Morgan fingerprint density at radius 1 is 0.432 bits per heavy atom. The third-order valence-electron chi connectivity index (χ3n) is 7.54. The van der Waals surface area contributed by atoms with Gasteiger partial charge in [0, 0.05) is 38.2 Å². The van der Waals surface area contributed by atoms with Crippen LogP contribution in [-0.2, 0) is 0 Å². The van der Waals surface area contributed by atoms with E-state index < -0.39 is 60.4 Å². The molecule has 0 aliphatic heterocycles. The van der Waals surface area contributed by atoms with Crippen LogP contribution in [0.4, 0.5) is 0 Å². The van der Waals surface area contributed by atoms with Gasteiger partial charge >= 0.3 is 0 Å². The highest BCUT2D eigenvalue weighted by atomic mass is 16.3. The number of hydrogen-bond acceptors (Lipinski definition) is 5. The normalized spacial score (nSPS) is 14.8. The van der Waals surface area contributed by atoms with Crippen molar-refractivity contribution in [3.8, 4) is 45.3 Å². The van der Waals surface area contributed by atoms with Crippen molar-refractivity contribution in [3.63, 3.8) is 0 Å². The van der Waals surface area contributed by atoms with Gasteiger partial charge in [-0.15, -0.1) is 0 Å². The molecule has 3 heterocycles. The van der Waals surface area contributed by atoms with Gasteiger partial charge in [0.25, 0.3) is 0 Å². The van der Waals surface area contributed by atoms with Crippen molar-refractivity contribution in [2.75, 3.05) is 0 Å². The van der Waals surface area contributed by atoms with Gasteiger partial charge in [-0.1, -0.05) is 115 Å². The van der Waals surface area contributed by atoms with Crippen LogP contribution in [0, 0.1) is 0 Å². The zero-order valence-electron chi connectivity index (χ0n) is 32.7. The maximum Gasteiger partial charge on any atom is 0.167 e. The summed E-state index contributed by atoms with van der Waals surface area (Å²) in [4.78, 5) is 13.5. The second-order valence-corrected chi connectivity index (χ2v) is 10.1. The van der Waals surface area contributed by atoms with Gasteiger partial charge in [0.2, 0.25) is 0 Å². The Morgan fingerprint density at radius 3 is 1.68 bits per heavy atom. The molecule has 0 radical (unpaired) electrons. The molecule has 0 aliphatic rings. The fourth-order valence-electron chi connectivity index (χ4n) is 5.56. The lowest BCUT2D eigenvalue weighted by atomic mass is 10.00. The molecule has 0 saturated heterocycles. The number of nitrogens with zero attached hydrogens (tertiary/aromatic N) is 3. The molecule has 3 aromatic heterocycles. The zero-order valence-corrected chi connectivity index (χ0v) is 22.7. The number of furan rings is 2. The summed E-state index contributed by atoms with van der Waals surface area (Å²) in [5.74, 6) is -0.785. The van der Waals surface area contributed by atoms with Gasteiger partial charge in [-0.05, 0) is 29.8 Å². The second kappa shape index (κ2) is 9.75. The Kier molecular flexibility index (Phi) is 3.66. The lowest BCUT2D eigenvalue weighted by molar-refractivity contribution is 0.668. The molecular formula is C39H23N3O2. The Hall–Kier alpha value is -6.07. The third kappa shape index (κ3) is 3.91. The minimum Gasteiger partial charge on any atom is -0.455 e. The SMILES string of the molecule is [2H]c1c([2H])c([2H])c(-c2nc(-c3c([2H])c([2H])c([2H])c([2H])c3[2H])nc(-c3cccc4c3oc3ccc(-c5cccc6c5oc5ccccc56)cc34)n2)c([2H])c1[2H]. The van der Waals surface area contributed by atoms with E-state index in [2.05, 4.69) is 15.0 Å². The smallest absolute Gasteiger partial charge is 0.167 e. The number of para-hydroxylation sites is 3. The average molecular weight is 576 g/mol. The van der Waals surface area contributed by atoms with Crippen LogP contribution in [0.2, 0.25) is 0 Å². The standard InChI is InChI=1S/C39H23N3O2/c1-3-11-24(12-4-1)37-40-38(25-13-5-2-6-14-25)42-39(41-37)31-19-10-18-30-32-23-26(21-22-34(32)44-36(30)31)27-16-9-17-29-28-15-7-8-20-33(28)43-35(27)29/h1-23H/i1D,2D,3D,4D,5D,6D,11D,12D,13D,14D. The third-order valence-corrected chi connectivity index (χ3v) is 7.54.